The number of aliphatic hydroxyl groups excluding tert-OH is 2. The average Bonchev–Trinajstić information content (AvgIpc) is 2.93. The number of nitrogens with zero attached hydrogens (tertiary/aromatic N) is 3. The van der Waals surface area contributed by atoms with Gasteiger partial charge in [-0.3, -0.25) is 0 Å². The zero-order chi connectivity index (χ0) is 13.0. The van der Waals surface area contributed by atoms with Gasteiger partial charge in [-0.1, -0.05) is 5.10 Å². The molecule has 0 saturated carbocycles. The predicted octanol–water partition coefficient (Wildman–Crippen LogP) is -1.65. The van der Waals surface area contributed by atoms with E-state index in [4.69, 9.17) is 9.15 Å². The Hall–Kier alpha value is -1.22. The number of anilines is 1. The number of nitrogens with one attached hydrogen (secondary N) is 1. The molecule has 0 radical (unpaired) electrons. The molecule has 0 aromatic carbocycles. The van der Waals surface area contributed by atoms with Crippen LogP contribution in [0.1, 0.15) is 5.89 Å². The van der Waals surface area contributed by atoms with Crippen molar-refractivity contribution in [2.45, 2.75) is 18.8 Å². The van der Waals surface area contributed by atoms with Crippen LogP contribution in [0.4, 0.5) is 6.01 Å². The van der Waals surface area contributed by atoms with E-state index in [0.29, 0.717) is 44.7 Å². The minimum absolute atomic E-state index is 0.305. The quantitative estimate of drug-likeness (QED) is 0.521. The highest BCUT2D eigenvalue weighted by molar-refractivity contribution is 5.28. The van der Waals surface area contributed by atoms with Crippen LogP contribution >= 0.6 is 0 Å². The number of aliphatic hydroxyl groups is 2. The summed E-state index contributed by atoms with van der Waals surface area (Å²) >= 11 is 0. The molecule has 2 unspecified atom stereocenters. The average molecular weight is 258 g/mol. The molecule has 0 aliphatic carbocycles. The molecule has 1 aromatic heterocycles. The fraction of sp³-hybridized carbons (Fsp3) is 0.800. The second-order valence-electron chi connectivity index (χ2n) is 4.19. The lowest BCUT2D eigenvalue weighted by atomic mass is 10.3. The largest absolute Gasteiger partial charge is 0.407 e. The van der Waals surface area contributed by atoms with E-state index >= 15 is 0 Å². The molecule has 3 N–H and O–H groups in total. The summed E-state index contributed by atoms with van der Waals surface area (Å²) < 4.78 is 10.3. The Morgan fingerprint density at radius 1 is 1.39 bits per heavy atom. The minimum atomic E-state index is -0.764. The van der Waals surface area contributed by atoms with E-state index in [1.54, 1.807) is 12.0 Å². The van der Waals surface area contributed by atoms with Crippen molar-refractivity contribution in [3.05, 3.63) is 5.89 Å². The Morgan fingerprint density at radius 3 is 2.78 bits per heavy atom. The fourth-order valence-electron chi connectivity index (χ4n) is 1.74. The number of methoxy groups -OCH3 is 1. The van der Waals surface area contributed by atoms with E-state index in [0.717, 1.165) is 0 Å². The summed E-state index contributed by atoms with van der Waals surface area (Å²) in [5.41, 5.74) is 0. The first-order chi connectivity index (χ1) is 8.70. The maximum atomic E-state index is 9.43. The molecule has 1 aromatic rings. The van der Waals surface area contributed by atoms with Gasteiger partial charge in [0.1, 0.15) is 0 Å². The summed E-state index contributed by atoms with van der Waals surface area (Å²) in [7, 11) is 1.64. The number of hydrogen-bond acceptors (Lipinski definition) is 8. The van der Waals surface area contributed by atoms with Crippen molar-refractivity contribution in [2.24, 2.45) is 0 Å². The normalized spacial score (nSPS) is 23.8. The minimum Gasteiger partial charge on any atom is -0.407 e. The molecule has 0 bridgehead atoms. The molecule has 8 heteroatoms. The van der Waals surface area contributed by atoms with Crippen LogP contribution in [0.2, 0.25) is 0 Å². The van der Waals surface area contributed by atoms with Crippen molar-refractivity contribution in [1.82, 2.24) is 15.5 Å². The molecule has 1 saturated heterocycles. The van der Waals surface area contributed by atoms with Gasteiger partial charge < -0.3 is 29.6 Å². The van der Waals surface area contributed by atoms with Crippen LogP contribution in [0.25, 0.3) is 0 Å². The molecule has 2 heterocycles. The SMILES string of the molecule is COCCNCc1nnc(N2CC(O)C(O)C2)o1. The summed E-state index contributed by atoms with van der Waals surface area (Å²) in [6, 6.07) is 0.328. The summed E-state index contributed by atoms with van der Waals surface area (Å²) in [5, 5.41) is 29.7. The van der Waals surface area contributed by atoms with Crippen LogP contribution in [0.3, 0.4) is 0 Å². The topological polar surface area (TPSA) is 104 Å². The molecular formula is C10H18N4O4. The van der Waals surface area contributed by atoms with Gasteiger partial charge in [0.05, 0.1) is 38.4 Å². The summed E-state index contributed by atoms with van der Waals surface area (Å²) in [5.74, 6) is 0.469. The van der Waals surface area contributed by atoms with E-state index in [1.165, 1.54) is 0 Å². The lowest BCUT2D eigenvalue weighted by molar-refractivity contribution is 0.0572. The molecule has 8 nitrogen and oxygen atoms in total. The number of β-amino-alcohol motifs (C(OH)–C–C–N with tert-alkyl or cyclic N) is 2. The van der Waals surface area contributed by atoms with Gasteiger partial charge in [0, 0.05) is 13.7 Å². The maximum absolute atomic E-state index is 9.43. The van der Waals surface area contributed by atoms with Crippen LogP contribution < -0.4 is 10.2 Å². The first-order valence-electron chi connectivity index (χ1n) is 5.84. The van der Waals surface area contributed by atoms with Crippen molar-refractivity contribution >= 4 is 6.01 Å². The van der Waals surface area contributed by atoms with Gasteiger partial charge in [0.25, 0.3) is 0 Å². The number of ether oxygens (including phenoxy) is 1. The predicted molar refractivity (Wildman–Crippen MR) is 62.1 cm³/mol. The lowest BCUT2D eigenvalue weighted by Crippen LogP contribution is -2.22. The highest BCUT2D eigenvalue weighted by Gasteiger charge is 2.32. The molecule has 1 aliphatic rings. The molecule has 2 atom stereocenters. The maximum Gasteiger partial charge on any atom is 0.318 e. The number of rotatable bonds is 6. The van der Waals surface area contributed by atoms with Gasteiger partial charge in [-0.15, -0.1) is 5.10 Å². The van der Waals surface area contributed by atoms with Crippen molar-refractivity contribution in [3.63, 3.8) is 0 Å². The molecule has 1 fully saturated rings. The number of aromatic nitrogens is 2. The first-order valence-corrected chi connectivity index (χ1v) is 5.84. The van der Waals surface area contributed by atoms with Gasteiger partial charge in [0.15, 0.2) is 0 Å². The van der Waals surface area contributed by atoms with Gasteiger partial charge >= 0.3 is 6.01 Å². The Kier molecular flexibility index (Phi) is 4.48. The van der Waals surface area contributed by atoms with Crippen LogP contribution in [0.15, 0.2) is 4.42 Å². The summed E-state index contributed by atoms with van der Waals surface area (Å²) in [6.07, 6.45) is -1.53. The molecule has 102 valence electrons. The van der Waals surface area contributed by atoms with Crippen LogP contribution in [-0.2, 0) is 11.3 Å². The molecule has 1 aliphatic heterocycles. The van der Waals surface area contributed by atoms with E-state index in [2.05, 4.69) is 15.5 Å². The third-order valence-electron chi connectivity index (χ3n) is 2.74. The monoisotopic (exact) mass is 258 g/mol. The molecular weight excluding hydrogens is 240 g/mol. The van der Waals surface area contributed by atoms with Crippen molar-refractivity contribution in [3.8, 4) is 0 Å². The van der Waals surface area contributed by atoms with E-state index in [1.807, 2.05) is 0 Å². The van der Waals surface area contributed by atoms with Gasteiger partial charge in [-0.25, -0.2) is 0 Å². The van der Waals surface area contributed by atoms with Crippen molar-refractivity contribution < 1.29 is 19.4 Å². The zero-order valence-corrected chi connectivity index (χ0v) is 10.2. The molecule has 18 heavy (non-hydrogen) atoms. The second kappa shape index (κ2) is 6.10. The van der Waals surface area contributed by atoms with Gasteiger partial charge in [-0.2, -0.15) is 0 Å². The first kappa shape index (κ1) is 13.2. The summed E-state index contributed by atoms with van der Waals surface area (Å²) in [6.45, 7) is 2.40. The molecule has 0 spiro atoms. The van der Waals surface area contributed by atoms with Crippen molar-refractivity contribution in [1.29, 1.82) is 0 Å². The summed E-state index contributed by atoms with van der Waals surface area (Å²) in [4.78, 5) is 1.67. The molecule has 0 amide bonds. The van der Waals surface area contributed by atoms with Crippen molar-refractivity contribution in [2.75, 3.05) is 38.3 Å². The zero-order valence-electron chi connectivity index (χ0n) is 10.2. The third kappa shape index (κ3) is 3.16. The van der Waals surface area contributed by atoms with Crippen LogP contribution in [0.5, 0.6) is 0 Å². The van der Waals surface area contributed by atoms with Crippen LogP contribution in [-0.4, -0.2) is 66.0 Å². The Bertz CT molecular complexity index is 363. The Labute approximate surface area is 105 Å². The fourth-order valence-corrected chi connectivity index (χ4v) is 1.74. The lowest BCUT2D eigenvalue weighted by Gasteiger charge is -2.10. The molecule has 2 rings (SSSR count). The highest BCUT2D eigenvalue weighted by Crippen LogP contribution is 2.18. The highest BCUT2D eigenvalue weighted by atomic mass is 16.5. The Balaban J connectivity index is 1.83. The third-order valence-corrected chi connectivity index (χ3v) is 2.74. The van der Waals surface area contributed by atoms with E-state index in [-0.39, 0.29) is 0 Å². The standard InChI is InChI=1S/C10H18N4O4/c1-17-3-2-11-4-9-12-13-10(18-9)14-5-7(15)8(16)6-14/h7-8,11,15-16H,2-6H2,1H3. The van der Waals surface area contributed by atoms with Gasteiger partial charge in [-0.05, 0) is 0 Å². The Morgan fingerprint density at radius 2 is 2.11 bits per heavy atom. The van der Waals surface area contributed by atoms with Crippen LogP contribution in [0, 0.1) is 0 Å². The number of hydrogen-bond donors (Lipinski definition) is 3. The second-order valence-corrected chi connectivity index (χ2v) is 4.19. The van der Waals surface area contributed by atoms with E-state index in [9.17, 15) is 10.2 Å². The smallest absolute Gasteiger partial charge is 0.318 e. The van der Waals surface area contributed by atoms with Gasteiger partial charge in [0.2, 0.25) is 5.89 Å². The van der Waals surface area contributed by atoms with E-state index < -0.39 is 12.2 Å².